The fourth-order valence-electron chi connectivity index (χ4n) is 3.96. The van der Waals surface area contributed by atoms with E-state index in [0.717, 1.165) is 37.3 Å². The van der Waals surface area contributed by atoms with Gasteiger partial charge in [0.15, 0.2) is 12.4 Å². The molecule has 34 heavy (non-hydrogen) atoms. The number of morpholine rings is 1. The van der Waals surface area contributed by atoms with Gasteiger partial charge >= 0.3 is 0 Å². The Hall–Kier alpha value is -2.89. The van der Waals surface area contributed by atoms with Crippen molar-refractivity contribution in [2.75, 3.05) is 57.5 Å². The maximum atomic E-state index is 12.7. The molecule has 0 unspecified atom stereocenters. The number of ether oxygens (including phenoxy) is 2. The van der Waals surface area contributed by atoms with Crippen molar-refractivity contribution in [2.24, 2.45) is 10.9 Å². The summed E-state index contributed by atoms with van der Waals surface area (Å²) >= 11 is 0. The first kappa shape index (κ1) is 24.2. The zero-order valence-corrected chi connectivity index (χ0v) is 20.0. The number of piperidine rings is 1. The molecule has 4 rings (SSSR count). The number of amidine groups is 1. The highest BCUT2D eigenvalue weighted by Gasteiger charge is 2.26. The van der Waals surface area contributed by atoms with Crippen LogP contribution in [0.4, 0.5) is 5.82 Å². The first-order valence-electron chi connectivity index (χ1n) is 11.5. The molecule has 0 spiro atoms. The van der Waals surface area contributed by atoms with Gasteiger partial charge in [0.2, 0.25) is 10.0 Å². The minimum atomic E-state index is -3.52. The second-order valence-corrected chi connectivity index (χ2v) is 10.0. The highest BCUT2D eigenvalue weighted by Crippen LogP contribution is 2.22. The minimum absolute atomic E-state index is 0.188. The maximum Gasteiger partial charge on any atom is 0.243 e. The Balaban J connectivity index is 1.27. The van der Waals surface area contributed by atoms with E-state index in [2.05, 4.69) is 15.0 Å². The molecule has 2 aliphatic rings. The van der Waals surface area contributed by atoms with Crippen molar-refractivity contribution in [3.05, 3.63) is 48.2 Å². The van der Waals surface area contributed by atoms with Gasteiger partial charge in [-0.25, -0.2) is 13.4 Å². The molecular weight excluding hydrogens is 458 g/mol. The monoisotopic (exact) mass is 489 g/mol. The number of aromatic nitrogens is 1. The smallest absolute Gasteiger partial charge is 0.243 e. The van der Waals surface area contributed by atoms with E-state index in [4.69, 9.17) is 20.0 Å². The van der Waals surface area contributed by atoms with E-state index < -0.39 is 10.0 Å². The quantitative estimate of drug-likeness (QED) is 0.245. The molecule has 1 aromatic heterocycles. The molecule has 3 heterocycles. The van der Waals surface area contributed by atoms with Crippen molar-refractivity contribution in [1.82, 2.24) is 9.29 Å². The van der Waals surface area contributed by atoms with Crippen molar-refractivity contribution in [2.45, 2.75) is 24.2 Å². The van der Waals surface area contributed by atoms with Gasteiger partial charge in [0.1, 0.15) is 18.2 Å². The van der Waals surface area contributed by atoms with Gasteiger partial charge in [-0.2, -0.15) is 4.31 Å². The standard InChI is InChI=1S/C23H31N5O5S/c24-22(21-5-4-10-25-23(21)27-11-2-1-3-12-27)26-33-18-17-32-19-6-8-20(9-7-19)34(29,30)28-13-15-31-16-14-28/h4-10H,1-3,11-18H2,(H2,24,26). The van der Waals surface area contributed by atoms with Crippen molar-refractivity contribution < 1.29 is 22.7 Å². The fraction of sp³-hybridized carbons (Fsp3) is 0.478. The zero-order chi connectivity index (χ0) is 23.8. The van der Waals surface area contributed by atoms with Gasteiger partial charge in [-0.15, -0.1) is 0 Å². The van der Waals surface area contributed by atoms with Gasteiger partial charge in [0.05, 0.1) is 23.7 Å². The zero-order valence-electron chi connectivity index (χ0n) is 19.1. The van der Waals surface area contributed by atoms with Crippen LogP contribution < -0.4 is 15.4 Å². The summed E-state index contributed by atoms with van der Waals surface area (Å²) in [6.07, 6.45) is 5.27. The molecule has 1 aromatic carbocycles. The molecule has 0 aliphatic carbocycles. The molecule has 0 radical (unpaired) electrons. The lowest BCUT2D eigenvalue weighted by Crippen LogP contribution is -2.40. The first-order valence-corrected chi connectivity index (χ1v) is 13.0. The number of hydrogen-bond acceptors (Lipinski definition) is 8. The highest BCUT2D eigenvalue weighted by atomic mass is 32.2. The average Bonchev–Trinajstić information content (AvgIpc) is 2.89. The molecule has 10 nitrogen and oxygen atoms in total. The minimum Gasteiger partial charge on any atom is -0.490 e. The predicted octanol–water partition coefficient (Wildman–Crippen LogP) is 1.81. The van der Waals surface area contributed by atoms with Crippen molar-refractivity contribution in [3.8, 4) is 5.75 Å². The summed E-state index contributed by atoms with van der Waals surface area (Å²) < 4.78 is 37.7. The number of anilines is 1. The van der Waals surface area contributed by atoms with Crippen molar-refractivity contribution in [3.63, 3.8) is 0 Å². The van der Waals surface area contributed by atoms with Crippen LogP contribution in [-0.4, -0.2) is 76.1 Å². The summed E-state index contributed by atoms with van der Waals surface area (Å²) in [6, 6.07) is 10.1. The van der Waals surface area contributed by atoms with Crippen LogP contribution in [0.1, 0.15) is 24.8 Å². The molecule has 2 fully saturated rings. The van der Waals surface area contributed by atoms with Crippen LogP contribution in [0.25, 0.3) is 0 Å². The Bertz CT molecular complexity index is 1070. The lowest BCUT2D eigenvalue weighted by atomic mass is 10.1. The normalized spacial score (nSPS) is 18.0. The van der Waals surface area contributed by atoms with E-state index in [0.29, 0.717) is 32.1 Å². The number of sulfonamides is 1. The second-order valence-electron chi connectivity index (χ2n) is 8.07. The lowest BCUT2D eigenvalue weighted by molar-refractivity contribution is 0.0730. The topological polar surface area (TPSA) is 120 Å². The van der Waals surface area contributed by atoms with Crippen LogP contribution in [-0.2, 0) is 19.6 Å². The molecule has 0 saturated carbocycles. The number of pyridine rings is 1. The van der Waals surface area contributed by atoms with Crippen molar-refractivity contribution in [1.29, 1.82) is 0 Å². The van der Waals surface area contributed by atoms with Crippen LogP contribution in [0.5, 0.6) is 5.75 Å². The van der Waals surface area contributed by atoms with E-state index in [1.807, 2.05) is 12.1 Å². The summed E-state index contributed by atoms with van der Waals surface area (Å²) in [7, 11) is -3.52. The van der Waals surface area contributed by atoms with Gasteiger partial charge in [-0.05, 0) is 55.7 Å². The Morgan fingerprint density at radius 1 is 1.03 bits per heavy atom. The SMILES string of the molecule is N/C(=N/OCCOc1ccc(S(=O)(=O)N2CCOCC2)cc1)c1cccnc1N1CCCCC1. The molecule has 2 saturated heterocycles. The van der Waals surface area contributed by atoms with Gasteiger partial charge in [0.25, 0.3) is 0 Å². The molecule has 0 bridgehead atoms. The largest absolute Gasteiger partial charge is 0.490 e. The van der Waals surface area contributed by atoms with E-state index >= 15 is 0 Å². The third kappa shape index (κ3) is 5.96. The Morgan fingerprint density at radius 2 is 1.76 bits per heavy atom. The van der Waals surface area contributed by atoms with Gasteiger partial charge in [0, 0.05) is 32.4 Å². The Labute approximate surface area is 200 Å². The number of hydrogen-bond donors (Lipinski definition) is 1. The van der Waals surface area contributed by atoms with E-state index in [9.17, 15) is 8.42 Å². The molecule has 2 aromatic rings. The van der Waals surface area contributed by atoms with E-state index in [1.54, 1.807) is 30.5 Å². The fourth-order valence-corrected chi connectivity index (χ4v) is 5.37. The molecule has 2 aliphatic heterocycles. The van der Waals surface area contributed by atoms with Gasteiger partial charge in [-0.1, -0.05) is 5.16 Å². The van der Waals surface area contributed by atoms with Gasteiger partial charge < -0.3 is 24.9 Å². The average molecular weight is 490 g/mol. The Kier molecular flexibility index (Phi) is 8.20. The van der Waals surface area contributed by atoms with E-state index in [1.165, 1.54) is 10.7 Å². The number of nitrogens with two attached hydrogens (primary N) is 1. The van der Waals surface area contributed by atoms with Crippen molar-refractivity contribution >= 4 is 21.7 Å². The van der Waals surface area contributed by atoms with Crippen LogP contribution in [0.15, 0.2) is 52.6 Å². The second kappa shape index (κ2) is 11.5. The third-order valence-corrected chi connectivity index (χ3v) is 7.67. The molecule has 2 N–H and O–H groups in total. The highest BCUT2D eigenvalue weighted by molar-refractivity contribution is 7.89. The number of nitrogens with zero attached hydrogens (tertiary/aromatic N) is 4. The first-order chi connectivity index (χ1) is 16.6. The lowest BCUT2D eigenvalue weighted by Gasteiger charge is -2.29. The maximum absolute atomic E-state index is 12.7. The molecule has 0 atom stereocenters. The molecule has 11 heteroatoms. The predicted molar refractivity (Wildman–Crippen MR) is 128 cm³/mol. The number of rotatable bonds is 9. The third-order valence-electron chi connectivity index (χ3n) is 5.76. The van der Waals surface area contributed by atoms with E-state index in [-0.39, 0.29) is 23.9 Å². The molecule has 184 valence electrons. The van der Waals surface area contributed by atoms with Crippen LogP contribution in [0, 0.1) is 0 Å². The molecule has 0 amide bonds. The summed E-state index contributed by atoms with van der Waals surface area (Å²) in [5, 5.41) is 4.03. The summed E-state index contributed by atoms with van der Waals surface area (Å²) in [6.45, 7) is 3.88. The summed E-state index contributed by atoms with van der Waals surface area (Å²) in [4.78, 5) is 12.3. The van der Waals surface area contributed by atoms with Crippen LogP contribution >= 0.6 is 0 Å². The summed E-state index contributed by atoms with van der Waals surface area (Å²) in [5.41, 5.74) is 6.92. The summed E-state index contributed by atoms with van der Waals surface area (Å²) in [5.74, 6) is 1.64. The Morgan fingerprint density at radius 3 is 2.50 bits per heavy atom. The molecular formula is C23H31N5O5S. The number of oxime groups is 1. The van der Waals surface area contributed by atoms with Crippen LogP contribution in [0.3, 0.4) is 0 Å². The van der Waals surface area contributed by atoms with Gasteiger partial charge in [-0.3, -0.25) is 0 Å². The van der Waals surface area contributed by atoms with Crippen LogP contribution in [0.2, 0.25) is 0 Å². The number of benzene rings is 1.